The van der Waals surface area contributed by atoms with Gasteiger partial charge in [0.1, 0.15) is 5.75 Å². The molecule has 7 heteroatoms. The van der Waals surface area contributed by atoms with Crippen molar-refractivity contribution in [3.05, 3.63) is 95.1 Å². The van der Waals surface area contributed by atoms with Crippen molar-refractivity contribution >= 4 is 23.5 Å². The Bertz CT molecular complexity index is 1150. The Morgan fingerprint density at radius 3 is 2.48 bits per heavy atom. The van der Waals surface area contributed by atoms with Gasteiger partial charge in [-0.05, 0) is 41.0 Å². The number of rotatable bonds is 7. The van der Waals surface area contributed by atoms with Crippen molar-refractivity contribution in [3.8, 4) is 5.75 Å². The molecule has 0 spiro atoms. The maximum absolute atomic E-state index is 12.6. The van der Waals surface area contributed by atoms with E-state index in [0.29, 0.717) is 23.4 Å². The van der Waals surface area contributed by atoms with Crippen LogP contribution in [0.4, 0.5) is 5.69 Å². The predicted octanol–water partition coefficient (Wildman–Crippen LogP) is 3.27. The van der Waals surface area contributed by atoms with Crippen LogP contribution in [-0.2, 0) is 33.7 Å². The molecule has 0 radical (unpaired) electrons. The van der Waals surface area contributed by atoms with Crippen LogP contribution in [0.25, 0.3) is 0 Å². The molecule has 1 heterocycles. The molecule has 1 aliphatic rings. The zero-order valence-electron chi connectivity index (χ0n) is 18.2. The monoisotopic (exact) mass is 444 g/mol. The highest BCUT2D eigenvalue weighted by Gasteiger charge is 2.28. The second-order valence-electron chi connectivity index (χ2n) is 7.76. The van der Waals surface area contributed by atoms with Gasteiger partial charge in [0.25, 0.3) is 5.91 Å². The first kappa shape index (κ1) is 22.1. The molecule has 2 N–H and O–H groups in total. The molecule has 2 amide bonds. The molecule has 0 fully saturated rings. The highest BCUT2D eigenvalue weighted by Crippen LogP contribution is 2.28. The summed E-state index contributed by atoms with van der Waals surface area (Å²) < 4.78 is 10.6. The molecule has 0 bridgehead atoms. The number of hydrogen-bond acceptors (Lipinski definition) is 5. The summed E-state index contributed by atoms with van der Waals surface area (Å²) >= 11 is 0. The van der Waals surface area contributed by atoms with Crippen molar-refractivity contribution in [2.45, 2.75) is 25.5 Å². The summed E-state index contributed by atoms with van der Waals surface area (Å²) in [4.78, 5) is 37.2. The molecule has 33 heavy (non-hydrogen) atoms. The number of amides is 2. The van der Waals surface area contributed by atoms with Gasteiger partial charge in [0.15, 0.2) is 6.10 Å². The molecule has 4 rings (SSSR count). The number of nitrogens with one attached hydrogen (secondary N) is 2. The first-order chi connectivity index (χ1) is 16.0. The molecule has 1 unspecified atom stereocenters. The number of esters is 1. The number of fused-ring (bicyclic) bond motifs is 1. The summed E-state index contributed by atoms with van der Waals surface area (Å²) in [6.07, 6.45) is 0.108. The van der Waals surface area contributed by atoms with Crippen molar-refractivity contribution in [3.63, 3.8) is 0 Å². The van der Waals surface area contributed by atoms with Crippen LogP contribution in [0, 0.1) is 0 Å². The number of hydrogen-bond donors (Lipinski definition) is 2. The first-order valence-electron chi connectivity index (χ1n) is 10.6. The SMILES string of the molecule is COC(=O)c1cc(CNC(=O)C2Cc3ccccc3O2)cc(NC(=O)Cc2ccccc2)c1. The van der Waals surface area contributed by atoms with Crippen molar-refractivity contribution in [1.82, 2.24) is 5.32 Å². The van der Waals surface area contributed by atoms with Crippen LogP contribution in [0.15, 0.2) is 72.8 Å². The van der Waals surface area contributed by atoms with Crippen LogP contribution in [0.2, 0.25) is 0 Å². The van der Waals surface area contributed by atoms with Gasteiger partial charge in [0.2, 0.25) is 5.91 Å². The molecule has 1 atom stereocenters. The first-order valence-corrected chi connectivity index (χ1v) is 10.6. The van der Waals surface area contributed by atoms with E-state index in [0.717, 1.165) is 11.1 Å². The van der Waals surface area contributed by atoms with E-state index in [1.165, 1.54) is 7.11 Å². The average molecular weight is 444 g/mol. The van der Waals surface area contributed by atoms with E-state index < -0.39 is 12.1 Å². The molecule has 0 aromatic heterocycles. The Kier molecular flexibility index (Phi) is 6.69. The van der Waals surface area contributed by atoms with Gasteiger partial charge >= 0.3 is 5.97 Å². The smallest absolute Gasteiger partial charge is 0.337 e. The molecule has 3 aromatic carbocycles. The van der Waals surface area contributed by atoms with Gasteiger partial charge in [-0.1, -0.05) is 48.5 Å². The minimum atomic E-state index is -0.601. The number of para-hydroxylation sites is 1. The Morgan fingerprint density at radius 1 is 0.970 bits per heavy atom. The normalized spacial score (nSPS) is 14.0. The van der Waals surface area contributed by atoms with E-state index in [2.05, 4.69) is 10.6 Å². The molecule has 0 saturated heterocycles. The van der Waals surface area contributed by atoms with E-state index >= 15 is 0 Å². The number of carbonyl (C=O) groups excluding carboxylic acids is 3. The molecular formula is C26H24N2O5. The van der Waals surface area contributed by atoms with Crippen LogP contribution >= 0.6 is 0 Å². The third-order valence-corrected chi connectivity index (χ3v) is 5.31. The fraction of sp³-hybridized carbons (Fsp3) is 0.192. The lowest BCUT2D eigenvalue weighted by Crippen LogP contribution is -2.37. The highest BCUT2D eigenvalue weighted by atomic mass is 16.5. The number of methoxy groups -OCH3 is 1. The lowest BCUT2D eigenvalue weighted by atomic mass is 10.1. The number of anilines is 1. The highest BCUT2D eigenvalue weighted by molar-refractivity contribution is 5.95. The van der Waals surface area contributed by atoms with Gasteiger partial charge in [-0.2, -0.15) is 0 Å². The predicted molar refractivity (Wildman–Crippen MR) is 123 cm³/mol. The van der Waals surface area contributed by atoms with Gasteiger partial charge in [-0.25, -0.2) is 4.79 Å². The molecule has 1 aliphatic heterocycles. The average Bonchev–Trinajstić information content (AvgIpc) is 3.27. The van der Waals surface area contributed by atoms with Crippen molar-refractivity contribution in [2.75, 3.05) is 12.4 Å². The zero-order chi connectivity index (χ0) is 23.2. The summed E-state index contributed by atoms with van der Waals surface area (Å²) in [5.74, 6) is -0.273. The summed E-state index contributed by atoms with van der Waals surface area (Å²) in [5, 5.41) is 5.67. The van der Waals surface area contributed by atoms with E-state index in [1.807, 2.05) is 54.6 Å². The minimum absolute atomic E-state index is 0.168. The maximum atomic E-state index is 12.6. The molecule has 0 aliphatic carbocycles. The summed E-state index contributed by atoms with van der Waals surface area (Å²) in [7, 11) is 1.29. The Hall–Kier alpha value is -4.13. The summed E-state index contributed by atoms with van der Waals surface area (Å²) in [6.45, 7) is 0.168. The fourth-order valence-corrected chi connectivity index (χ4v) is 3.72. The Balaban J connectivity index is 1.43. The lowest BCUT2D eigenvalue weighted by molar-refractivity contribution is -0.127. The van der Waals surface area contributed by atoms with E-state index in [-0.39, 0.29) is 30.3 Å². The molecule has 0 saturated carbocycles. The second kappa shape index (κ2) is 9.99. The summed E-state index contributed by atoms with van der Waals surface area (Å²) in [6, 6.07) is 21.8. The third kappa shape index (κ3) is 5.57. The fourth-order valence-electron chi connectivity index (χ4n) is 3.72. The summed E-state index contributed by atoms with van der Waals surface area (Å²) in [5.41, 5.74) is 3.26. The van der Waals surface area contributed by atoms with Crippen molar-refractivity contribution in [1.29, 1.82) is 0 Å². The van der Waals surface area contributed by atoms with Crippen molar-refractivity contribution < 1.29 is 23.9 Å². The van der Waals surface area contributed by atoms with E-state index in [4.69, 9.17) is 9.47 Å². The van der Waals surface area contributed by atoms with Crippen LogP contribution in [0.1, 0.15) is 27.0 Å². The second-order valence-corrected chi connectivity index (χ2v) is 7.76. The largest absolute Gasteiger partial charge is 0.480 e. The Morgan fingerprint density at radius 2 is 1.73 bits per heavy atom. The lowest BCUT2D eigenvalue weighted by Gasteiger charge is -2.13. The topological polar surface area (TPSA) is 93.7 Å². The van der Waals surface area contributed by atoms with Gasteiger partial charge in [-0.3, -0.25) is 9.59 Å². The van der Waals surface area contributed by atoms with Crippen LogP contribution in [-0.4, -0.2) is 31.0 Å². The zero-order valence-corrected chi connectivity index (χ0v) is 18.2. The number of benzene rings is 3. The number of carbonyl (C=O) groups is 3. The van der Waals surface area contributed by atoms with Crippen LogP contribution < -0.4 is 15.4 Å². The van der Waals surface area contributed by atoms with Crippen LogP contribution in [0.3, 0.4) is 0 Å². The van der Waals surface area contributed by atoms with Crippen molar-refractivity contribution in [2.24, 2.45) is 0 Å². The van der Waals surface area contributed by atoms with Gasteiger partial charge in [-0.15, -0.1) is 0 Å². The Labute approximate surface area is 191 Å². The molecule has 168 valence electrons. The minimum Gasteiger partial charge on any atom is -0.480 e. The van der Waals surface area contributed by atoms with Gasteiger partial charge in [0.05, 0.1) is 19.1 Å². The van der Waals surface area contributed by atoms with E-state index in [1.54, 1.807) is 18.2 Å². The third-order valence-electron chi connectivity index (χ3n) is 5.31. The standard InChI is InChI=1S/C26H24N2O5/c1-32-26(31)20-11-18(12-21(14-20)28-24(29)13-17-7-3-2-4-8-17)16-27-25(30)23-15-19-9-5-6-10-22(19)33-23/h2-12,14,23H,13,15-16H2,1H3,(H,27,30)(H,28,29). The van der Waals surface area contributed by atoms with Gasteiger partial charge in [0, 0.05) is 18.7 Å². The molecule has 7 nitrogen and oxygen atoms in total. The van der Waals surface area contributed by atoms with Gasteiger partial charge < -0.3 is 20.1 Å². The quantitative estimate of drug-likeness (QED) is 0.546. The van der Waals surface area contributed by atoms with Crippen LogP contribution in [0.5, 0.6) is 5.75 Å². The molecular weight excluding hydrogens is 420 g/mol. The van der Waals surface area contributed by atoms with E-state index in [9.17, 15) is 14.4 Å². The molecule has 3 aromatic rings. The maximum Gasteiger partial charge on any atom is 0.337 e. The number of ether oxygens (including phenoxy) is 2.